The number of ether oxygens (including phenoxy) is 2. The van der Waals surface area contributed by atoms with Crippen molar-refractivity contribution in [2.45, 2.75) is 0 Å². The van der Waals surface area contributed by atoms with E-state index in [1.165, 1.54) is 24.3 Å². The van der Waals surface area contributed by atoms with Gasteiger partial charge in [0.25, 0.3) is 0 Å². The largest absolute Gasteiger partial charge is 0.386 e. The van der Waals surface area contributed by atoms with E-state index in [1.54, 1.807) is 0 Å². The second-order valence-corrected chi connectivity index (χ2v) is 6.82. The van der Waals surface area contributed by atoms with Crippen LogP contribution in [0.2, 0.25) is 0 Å². The van der Waals surface area contributed by atoms with Crippen LogP contribution in [-0.4, -0.2) is 23.9 Å². The molecule has 0 saturated carbocycles. The van der Waals surface area contributed by atoms with Gasteiger partial charge in [0, 0.05) is 8.95 Å². The number of hydrogen-bond acceptors (Lipinski definition) is 6. The van der Waals surface area contributed by atoms with Crippen LogP contribution in [0.5, 0.6) is 0 Å². The third kappa shape index (κ3) is 2.06. The van der Waals surface area contributed by atoms with Gasteiger partial charge in [-0.2, -0.15) is 0 Å². The first-order chi connectivity index (χ1) is 11.4. The lowest BCUT2D eigenvalue weighted by atomic mass is 9.97. The molecule has 0 radical (unpaired) electrons. The second kappa shape index (κ2) is 5.09. The third-order valence-electron chi connectivity index (χ3n) is 3.76. The summed E-state index contributed by atoms with van der Waals surface area (Å²) in [7, 11) is 0. The molecule has 0 aliphatic carbocycles. The van der Waals surface area contributed by atoms with Gasteiger partial charge in [-0.05, 0) is 35.4 Å². The number of cyclic esters (lactones) is 2. The lowest BCUT2D eigenvalue weighted by molar-refractivity contribution is 0.0334. The normalized spacial score (nSPS) is 15.2. The van der Waals surface area contributed by atoms with Crippen molar-refractivity contribution in [3.63, 3.8) is 0 Å². The molecule has 6 nitrogen and oxygen atoms in total. The molecular weight excluding hydrogens is 448 g/mol. The van der Waals surface area contributed by atoms with Crippen molar-refractivity contribution in [1.82, 2.24) is 0 Å². The lowest BCUT2D eigenvalue weighted by Gasteiger charge is -2.12. The highest BCUT2D eigenvalue weighted by atomic mass is 79.9. The van der Waals surface area contributed by atoms with E-state index in [-0.39, 0.29) is 22.3 Å². The fraction of sp³-hybridized carbons (Fsp3) is 0. The Hall–Kier alpha value is -2.32. The summed E-state index contributed by atoms with van der Waals surface area (Å²) < 4.78 is 10.6. The molecule has 0 N–H and O–H groups in total. The molecule has 2 heterocycles. The zero-order valence-corrected chi connectivity index (χ0v) is 14.7. The van der Waals surface area contributed by atoms with Crippen LogP contribution >= 0.6 is 31.9 Å². The summed E-state index contributed by atoms with van der Waals surface area (Å²) in [6, 6.07) is 5.56. The second-order valence-electron chi connectivity index (χ2n) is 5.11. The maximum absolute atomic E-state index is 12.3. The summed E-state index contributed by atoms with van der Waals surface area (Å²) in [6.07, 6.45) is 0. The van der Waals surface area contributed by atoms with Crippen LogP contribution in [0.1, 0.15) is 41.4 Å². The van der Waals surface area contributed by atoms with Crippen molar-refractivity contribution in [3.8, 4) is 11.1 Å². The van der Waals surface area contributed by atoms with Crippen LogP contribution in [0.25, 0.3) is 11.1 Å². The molecule has 0 saturated heterocycles. The molecule has 0 aromatic heterocycles. The van der Waals surface area contributed by atoms with Crippen molar-refractivity contribution in [3.05, 3.63) is 55.5 Å². The highest BCUT2D eigenvalue weighted by molar-refractivity contribution is 9.11. The number of rotatable bonds is 0. The van der Waals surface area contributed by atoms with Gasteiger partial charge in [-0.1, -0.05) is 31.9 Å². The van der Waals surface area contributed by atoms with E-state index in [9.17, 15) is 19.2 Å². The van der Waals surface area contributed by atoms with Gasteiger partial charge >= 0.3 is 23.9 Å². The van der Waals surface area contributed by atoms with Crippen molar-refractivity contribution in [2.24, 2.45) is 0 Å². The molecule has 0 spiro atoms. The summed E-state index contributed by atoms with van der Waals surface area (Å²) in [6.45, 7) is 0. The Balaban J connectivity index is 2.25. The minimum atomic E-state index is -1.000. The summed E-state index contributed by atoms with van der Waals surface area (Å²) in [5, 5.41) is 0. The molecule has 0 atom stereocenters. The number of carbonyl (C=O) groups is 4. The van der Waals surface area contributed by atoms with Gasteiger partial charge in [-0.25, -0.2) is 19.2 Å². The van der Waals surface area contributed by atoms with E-state index in [1.807, 2.05) is 0 Å². The van der Waals surface area contributed by atoms with E-state index in [0.29, 0.717) is 20.1 Å². The van der Waals surface area contributed by atoms with Gasteiger partial charge in [0.2, 0.25) is 0 Å². The quantitative estimate of drug-likeness (QED) is 0.450. The molecule has 2 aromatic carbocycles. The molecule has 0 amide bonds. The fourth-order valence-electron chi connectivity index (χ4n) is 2.62. The molecular formula is C16H4Br2O6. The van der Waals surface area contributed by atoms with Gasteiger partial charge in [-0.15, -0.1) is 0 Å². The van der Waals surface area contributed by atoms with Gasteiger partial charge < -0.3 is 9.47 Å². The Labute approximate surface area is 151 Å². The van der Waals surface area contributed by atoms with Gasteiger partial charge in [-0.3, -0.25) is 0 Å². The smallest absolute Gasteiger partial charge is 0.346 e. The number of benzene rings is 2. The van der Waals surface area contributed by atoms with Crippen LogP contribution in [0.15, 0.2) is 33.2 Å². The van der Waals surface area contributed by atoms with E-state index >= 15 is 0 Å². The zero-order chi connectivity index (χ0) is 17.2. The molecule has 0 fully saturated rings. The molecule has 8 heteroatoms. The Morgan fingerprint density at radius 2 is 0.792 bits per heavy atom. The molecule has 2 aromatic rings. The molecule has 4 rings (SSSR count). The summed E-state index contributed by atoms with van der Waals surface area (Å²) in [5.74, 6) is -3.97. The summed E-state index contributed by atoms with van der Waals surface area (Å²) in [5.41, 5.74) is 0.469. The number of fused-ring (bicyclic) bond motifs is 5. The van der Waals surface area contributed by atoms with Crippen LogP contribution in [0.3, 0.4) is 0 Å². The third-order valence-corrected chi connectivity index (χ3v) is 5.07. The van der Waals surface area contributed by atoms with Gasteiger partial charge in [0.1, 0.15) is 0 Å². The zero-order valence-electron chi connectivity index (χ0n) is 11.5. The highest BCUT2D eigenvalue weighted by Crippen LogP contribution is 2.39. The Bertz CT molecular complexity index is 929. The van der Waals surface area contributed by atoms with Crippen LogP contribution in [-0.2, 0) is 9.47 Å². The van der Waals surface area contributed by atoms with Gasteiger partial charge in [0.15, 0.2) is 0 Å². The lowest BCUT2D eigenvalue weighted by Crippen LogP contribution is -2.23. The minimum absolute atomic E-state index is 0.155. The Morgan fingerprint density at radius 1 is 0.500 bits per heavy atom. The average Bonchev–Trinajstić information content (AvgIpc) is 2.53. The average molecular weight is 452 g/mol. The summed E-state index contributed by atoms with van der Waals surface area (Å²) in [4.78, 5) is 49.1. The molecule has 0 unspecified atom stereocenters. The molecule has 24 heavy (non-hydrogen) atoms. The van der Waals surface area contributed by atoms with Crippen molar-refractivity contribution < 1.29 is 28.7 Å². The van der Waals surface area contributed by atoms with E-state index in [4.69, 9.17) is 9.47 Å². The molecule has 2 aliphatic heterocycles. The SMILES string of the molecule is O=C1OC(=O)c2cc(Br)c3cc2C(=O)OC(=O)c2cc-3c(Br)cc21. The van der Waals surface area contributed by atoms with Crippen LogP contribution in [0, 0.1) is 0 Å². The number of halogens is 2. The number of esters is 4. The van der Waals surface area contributed by atoms with Crippen LogP contribution in [0.4, 0.5) is 0 Å². The molecule has 4 bridgehead atoms. The minimum Gasteiger partial charge on any atom is -0.386 e. The highest BCUT2D eigenvalue weighted by Gasteiger charge is 2.33. The number of hydrogen-bond donors (Lipinski definition) is 0. The van der Waals surface area contributed by atoms with Crippen molar-refractivity contribution in [1.29, 1.82) is 0 Å². The first-order valence-corrected chi connectivity index (χ1v) is 8.16. The Kier molecular flexibility index (Phi) is 3.23. The van der Waals surface area contributed by atoms with E-state index in [2.05, 4.69) is 31.9 Å². The predicted molar refractivity (Wildman–Crippen MR) is 86.8 cm³/mol. The van der Waals surface area contributed by atoms with Crippen molar-refractivity contribution in [2.75, 3.05) is 0 Å². The van der Waals surface area contributed by atoms with Crippen molar-refractivity contribution >= 4 is 55.7 Å². The predicted octanol–water partition coefficient (Wildman–Crippen LogP) is 3.50. The van der Waals surface area contributed by atoms with E-state index < -0.39 is 23.9 Å². The molecule has 2 aliphatic rings. The van der Waals surface area contributed by atoms with Crippen LogP contribution < -0.4 is 0 Å². The first kappa shape index (κ1) is 15.2. The maximum Gasteiger partial charge on any atom is 0.346 e. The Morgan fingerprint density at radius 3 is 1.12 bits per heavy atom. The first-order valence-electron chi connectivity index (χ1n) is 6.57. The standard InChI is InChI=1S/C16H4Br2O6/c17-11-3-9-7-1-5(11)6-2-8(14(20)23-13(7)19)10(4-12(6)18)16(22)24-15(9)21/h1-4H. The maximum atomic E-state index is 12.3. The monoisotopic (exact) mass is 450 g/mol. The summed E-state index contributed by atoms with van der Waals surface area (Å²) >= 11 is 6.68. The number of carbonyl (C=O) groups excluding carboxylic acids is 4. The van der Waals surface area contributed by atoms with E-state index in [0.717, 1.165) is 0 Å². The fourth-order valence-corrected chi connectivity index (χ4v) is 3.74. The van der Waals surface area contributed by atoms with Gasteiger partial charge in [0.05, 0.1) is 22.3 Å². The topological polar surface area (TPSA) is 86.7 Å². The molecule has 118 valence electrons.